The van der Waals surface area contributed by atoms with Gasteiger partial charge >= 0.3 is 5.69 Å². The highest BCUT2D eigenvalue weighted by Gasteiger charge is 2.45. The van der Waals surface area contributed by atoms with Gasteiger partial charge in [0.25, 0.3) is 0 Å². The van der Waals surface area contributed by atoms with Crippen LogP contribution in [0.15, 0.2) is 90.8 Å². The van der Waals surface area contributed by atoms with Crippen LogP contribution in [-0.2, 0) is 21.8 Å². The van der Waals surface area contributed by atoms with E-state index in [9.17, 15) is 4.79 Å². The summed E-state index contributed by atoms with van der Waals surface area (Å²) < 4.78 is 21.8. The summed E-state index contributed by atoms with van der Waals surface area (Å²) in [6, 6.07) is 16.4. The molecule has 1 unspecified atom stereocenters. The smallest absolute Gasteiger partial charge is 0.350 e. The number of hydrogen-bond acceptors (Lipinski definition) is 11. The van der Waals surface area contributed by atoms with E-state index in [1.54, 1.807) is 40.4 Å². The van der Waals surface area contributed by atoms with E-state index in [2.05, 4.69) is 59.3 Å². The van der Waals surface area contributed by atoms with Crippen LogP contribution in [-0.4, -0.2) is 84.8 Å². The van der Waals surface area contributed by atoms with E-state index in [1.165, 1.54) is 11.1 Å². The molecule has 0 radical (unpaired) electrons. The first kappa shape index (κ1) is 30.6. The summed E-state index contributed by atoms with van der Waals surface area (Å²) in [5, 5.41) is 12.7. The number of anilines is 2. The second-order valence-corrected chi connectivity index (χ2v) is 11.8. The van der Waals surface area contributed by atoms with Crippen molar-refractivity contribution in [2.24, 2.45) is 0 Å². The second-order valence-electron chi connectivity index (χ2n) is 11.8. The van der Waals surface area contributed by atoms with Crippen LogP contribution in [0.3, 0.4) is 0 Å². The van der Waals surface area contributed by atoms with Crippen LogP contribution in [0.2, 0.25) is 0 Å². The summed E-state index contributed by atoms with van der Waals surface area (Å²) in [6.45, 7) is 8.57. The minimum absolute atomic E-state index is 0.0686. The maximum Gasteiger partial charge on any atom is 0.350 e. The molecule has 14 heteroatoms. The number of rotatable bonds is 11. The second kappa shape index (κ2) is 13.3. The molecule has 3 aromatic heterocycles. The van der Waals surface area contributed by atoms with E-state index < -0.39 is 5.79 Å². The maximum absolute atomic E-state index is 12.8. The van der Waals surface area contributed by atoms with Gasteiger partial charge in [-0.3, -0.25) is 0 Å². The predicted molar refractivity (Wildman–Crippen MR) is 174 cm³/mol. The first-order valence-electron chi connectivity index (χ1n) is 15.9. The van der Waals surface area contributed by atoms with Gasteiger partial charge in [0.05, 0.1) is 30.7 Å². The van der Waals surface area contributed by atoms with Crippen molar-refractivity contribution in [2.75, 3.05) is 49.2 Å². The molecule has 2 aromatic carbocycles. The molecule has 3 atom stereocenters. The van der Waals surface area contributed by atoms with E-state index >= 15 is 0 Å². The van der Waals surface area contributed by atoms with Crippen LogP contribution in [0.1, 0.15) is 31.9 Å². The molecular formula is C33H38N10O4. The van der Waals surface area contributed by atoms with Crippen LogP contribution in [0.25, 0.3) is 5.69 Å². The van der Waals surface area contributed by atoms with Gasteiger partial charge in [0.2, 0.25) is 5.79 Å². The van der Waals surface area contributed by atoms with Crippen LogP contribution in [0, 0.1) is 0 Å². The first-order chi connectivity index (χ1) is 23.0. The third-order valence-electron chi connectivity index (χ3n) is 8.79. The van der Waals surface area contributed by atoms with Crippen LogP contribution >= 0.6 is 0 Å². The van der Waals surface area contributed by atoms with Gasteiger partial charge in [-0.1, -0.05) is 6.92 Å². The molecule has 2 aliphatic heterocycles. The van der Waals surface area contributed by atoms with Crippen LogP contribution in [0.4, 0.5) is 11.4 Å². The van der Waals surface area contributed by atoms with E-state index in [4.69, 9.17) is 14.2 Å². The fourth-order valence-corrected chi connectivity index (χ4v) is 5.94. The molecule has 0 bridgehead atoms. The van der Waals surface area contributed by atoms with Crippen molar-refractivity contribution in [1.82, 2.24) is 39.3 Å². The minimum atomic E-state index is -1.10. The Labute approximate surface area is 272 Å². The molecule has 14 nitrogen and oxygen atoms in total. The molecule has 0 saturated carbocycles. The highest BCUT2D eigenvalue weighted by atomic mass is 16.8. The van der Waals surface area contributed by atoms with Gasteiger partial charge in [-0.2, -0.15) is 20.1 Å². The van der Waals surface area contributed by atoms with Crippen molar-refractivity contribution >= 4 is 11.4 Å². The quantitative estimate of drug-likeness (QED) is 0.212. The lowest BCUT2D eigenvalue weighted by atomic mass is 10.1. The number of hydrogen-bond donors (Lipinski definition) is 0. The highest BCUT2D eigenvalue weighted by Crippen LogP contribution is 2.35. The molecule has 5 heterocycles. The molecule has 0 amide bonds. The van der Waals surface area contributed by atoms with Gasteiger partial charge in [0.1, 0.15) is 37.7 Å². The Bertz CT molecular complexity index is 1790. The van der Waals surface area contributed by atoms with Crippen molar-refractivity contribution in [3.63, 3.8) is 0 Å². The first-order valence-corrected chi connectivity index (χ1v) is 15.9. The van der Waals surface area contributed by atoms with E-state index in [1.807, 2.05) is 38.1 Å². The molecule has 0 spiro atoms. The van der Waals surface area contributed by atoms with Crippen molar-refractivity contribution in [2.45, 2.75) is 44.7 Å². The molecule has 2 fully saturated rings. The Balaban J connectivity index is 0.913. The number of aromatic nitrogens is 8. The number of piperazine rings is 1. The fourth-order valence-electron chi connectivity index (χ4n) is 5.94. The largest absolute Gasteiger partial charge is 0.491 e. The molecule has 244 valence electrons. The van der Waals surface area contributed by atoms with Crippen molar-refractivity contribution in [3.05, 3.63) is 102 Å². The van der Waals surface area contributed by atoms with Crippen LogP contribution < -0.4 is 20.2 Å². The number of ether oxygens (including phenoxy) is 3. The third kappa shape index (κ3) is 6.46. The van der Waals surface area contributed by atoms with Gasteiger partial charge < -0.3 is 24.0 Å². The van der Waals surface area contributed by atoms with Crippen molar-refractivity contribution < 1.29 is 14.2 Å². The normalized spacial score (nSPS) is 20.4. The van der Waals surface area contributed by atoms with Crippen molar-refractivity contribution in [3.8, 4) is 11.4 Å². The lowest BCUT2D eigenvalue weighted by Gasteiger charge is -2.37. The molecule has 5 aromatic rings. The molecule has 2 saturated heterocycles. The zero-order chi connectivity index (χ0) is 32.2. The molecule has 47 heavy (non-hydrogen) atoms. The standard InChI is InChI=1S/C33H38N10O4/c1-3-25(2)43-32(44)41(24-38-43)29-6-4-27(5-7-29)39-14-16-40(17-15-39)28-8-10-30(11-9-28)45-20-31-21-46-33(47-31,22-42-36-12-13-37-42)26-18-34-23-35-19-26/h4-13,18-19,23-25,31H,3,14-17,20-22H2,1-2H3/t25?,31-,33-/m1/s1. The monoisotopic (exact) mass is 638 g/mol. The topological polar surface area (TPSA) is 130 Å². The van der Waals surface area contributed by atoms with E-state index in [-0.39, 0.29) is 24.4 Å². The molecule has 0 aliphatic carbocycles. The van der Waals surface area contributed by atoms with E-state index in [0.29, 0.717) is 18.8 Å². The summed E-state index contributed by atoms with van der Waals surface area (Å²) in [5.41, 5.74) is 3.70. The molecule has 7 rings (SSSR count). The Morgan fingerprint density at radius 3 is 2.15 bits per heavy atom. The molecule has 2 aliphatic rings. The lowest BCUT2D eigenvalue weighted by molar-refractivity contribution is -0.192. The average Bonchev–Trinajstić information content (AvgIpc) is 3.89. The summed E-state index contributed by atoms with van der Waals surface area (Å²) in [6.07, 6.45) is 10.2. The van der Waals surface area contributed by atoms with Gasteiger partial charge in [-0.05, 0) is 61.9 Å². The Kier molecular flexibility index (Phi) is 8.68. The number of benzene rings is 2. The third-order valence-corrected chi connectivity index (χ3v) is 8.79. The Morgan fingerprint density at radius 1 is 0.894 bits per heavy atom. The van der Waals surface area contributed by atoms with Crippen LogP contribution in [0.5, 0.6) is 5.75 Å². The summed E-state index contributed by atoms with van der Waals surface area (Å²) in [7, 11) is 0. The summed E-state index contributed by atoms with van der Waals surface area (Å²) in [4.78, 5) is 27.3. The van der Waals surface area contributed by atoms with Gasteiger partial charge in [0, 0.05) is 55.5 Å². The Hall–Kier alpha value is -5.08. The maximum atomic E-state index is 12.8. The summed E-state index contributed by atoms with van der Waals surface area (Å²) in [5.74, 6) is -0.335. The zero-order valence-electron chi connectivity index (χ0n) is 26.5. The van der Waals surface area contributed by atoms with Gasteiger partial charge in [-0.25, -0.2) is 24.0 Å². The minimum Gasteiger partial charge on any atom is -0.491 e. The van der Waals surface area contributed by atoms with E-state index in [0.717, 1.165) is 55.4 Å². The zero-order valence-corrected chi connectivity index (χ0v) is 26.5. The van der Waals surface area contributed by atoms with Gasteiger partial charge in [-0.15, -0.1) is 0 Å². The lowest BCUT2D eigenvalue weighted by Crippen LogP contribution is -2.46. The number of nitrogens with zero attached hydrogens (tertiary/aromatic N) is 10. The average molecular weight is 639 g/mol. The van der Waals surface area contributed by atoms with Gasteiger partial charge in [0.15, 0.2) is 0 Å². The molecule has 0 N–H and O–H groups in total. The fraction of sp³-hybridized carbons (Fsp3) is 0.394. The summed E-state index contributed by atoms with van der Waals surface area (Å²) >= 11 is 0. The predicted octanol–water partition coefficient (Wildman–Crippen LogP) is 3.06. The highest BCUT2D eigenvalue weighted by molar-refractivity contribution is 5.54. The molecular weight excluding hydrogens is 600 g/mol. The Morgan fingerprint density at radius 2 is 1.51 bits per heavy atom. The van der Waals surface area contributed by atoms with Crippen molar-refractivity contribution in [1.29, 1.82) is 0 Å². The SMILES string of the molecule is CCC(C)n1ncn(-c2ccc(N3CCN(c4ccc(OC[C@@H]5CO[C@@](Cn6nccn6)(c6cncnc6)O5)cc4)CC3)cc2)c1=O.